The number of hydrogen-bond donors (Lipinski definition) is 0. The van der Waals surface area contributed by atoms with Gasteiger partial charge in [0.1, 0.15) is 0 Å². The van der Waals surface area contributed by atoms with Crippen LogP contribution in [0.3, 0.4) is 0 Å². The molecular formula is C20H31IO2. The van der Waals surface area contributed by atoms with Crippen molar-refractivity contribution in [2.24, 2.45) is 21.7 Å². The Bertz CT molecular complexity index is 745. The minimum absolute atomic E-state index is 0.211. The minimum atomic E-state index is -2.23. The van der Waals surface area contributed by atoms with E-state index >= 15 is 0 Å². The van der Waals surface area contributed by atoms with E-state index in [0.717, 1.165) is 0 Å². The van der Waals surface area contributed by atoms with E-state index in [1.807, 2.05) is 56.4 Å². The number of halogens is 1. The number of hydrogen-bond acceptors (Lipinski definition) is 2. The molecule has 2 atom stereocenters. The normalized spacial score (nSPS) is 40.2. The van der Waals surface area contributed by atoms with E-state index in [9.17, 15) is 9.59 Å². The van der Waals surface area contributed by atoms with Gasteiger partial charge in [0.15, 0.2) is 11.6 Å². The van der Waals surface area contributed by atoms with Crippen molar-refractivity contribution in [3.05, 3.63) is 21.8 Å². The van der Waals surface area contributed by atoms with Crippen molar-refractivity contribution < 1.29 is 17.8 Å². The fourth-order valence-corrected chi connectivity index (χ4v) is 4.70. The molecular weight excluding hydrogens is 399 g/mol. The molecule has 0 bridgehead atoms. The summed E-state index contributed by atoms with van der Waals surface area (Å²) in [4.78, 5) is 23.5. The first-order chi connectivity index (χ1) is 12.6. The van der Waals surface area contributed by atoms with Crippen molar-refractivity contribution in [3.63, 3.8) is 0 Å². The lowest BCUT2D eigenvalue weighted by Crippen LogP contribution is -2.34. The monoisotopic (exact) mass is 436 g/mol. The maximum Gasteiger partial charge on any atom is 0.174 e. The summed E-state index contributed by atoms with van der Waals surface area (Å²) in [6.45, 7) is 6.45. The van der Waals surface area contributed by atoms with Crippen LogP contribution in [0.15, 0.2) is 21.8 Å². The summed E-state index contributed by atoms with van der Waals surface area (Å²) in [6, 6.07) is 0. The van der Waals surface area contributed by atoms with Gasteiger partial charge in [-0.05, 0) is 52.3 Å². The maximum absolute atomic E-state index is 11.9. The molecule has 2 nitrogen and oxygen atoms in total. The SMILES string of the molecule is [2H]C([2H])([2H])[C@@]1(C)CC(C)(C)C=C(I)C1=O.[2H]C([2H])([2H])[C@@]1(C)CC(C)(C)C=CC1=O. The van der Waals surface area contributed by atoms with Crippen molar-refractivity contribution in [1.82, 2.24) is 0 Å². The Hall–Kier alpha value is -0.450. The number of rotatable bonds is 0. The first kappa shape index (κ1) is 12.8. The smallest absolute Gasteiger partial charge is 0.174 e. The van der Waals surface area contributed by atoms with Crippen LogP contribution in [0.1, 0.15) is 76.3 Å². The molecule has 0 N–H and O–H groups in total. The Labute approximate surface area is 163 Å². The van der Waals surface area contributed by atoms with Gasteiger partial charge in [0, 0.05) is 19.1 Å². The van der Waals surface area contributed by atoms with Gasteiger partial charge in [-0.3, -0.25) is 9.59 Å². The van der Waals surface area contributed by atoms with E-state index < -0.39 is 24.5 Å². The van der Waals surface area contributed by atoms with Gasteiger partial charge in [-0.2, -0.15) is 0 Å². The topological polar surface area (TPSA) is 34.1 Å². The summed E-state index contributed by atoms with van der Waals surface area (Å²) in [5, 5.41) is 0. The molecule has 130 valence electrons. The standard InChI is InChI=1S/C10H15IO.C10H16O/c1-9(2)5-7(11)8(12)10(3,4)6-9;1-9(2)6-5-8(11)10(3,4)7-9/h5H,6H2,1-4H3;5-6H,7H2,1-4H3/i2*3D3/t2*10-/m11/s1. The van der Waals surface area contributed by atoms with Crippen LogP contribution in [0.25, 0.3) is 0 Å². The first-order valence-electron chi connectivity index (χ1n) is 10.7. The lowest BCUT2D eigenvalue weighted by molar-refractivity contribution is -0.125. The van der Waals surface area contributed by atoms with Gasteiger partial charge in [-0.1, -0.05) is 67.4 Å². The third kappa shape index (κ3) is 5.54. The van der Waals surface area contributed by atoms with Crippen molar-refractivity contribution in [3.8, 4) is 0 Å². The summed E-state index contributed by atoms with van der Waals surface area (Å²) in [5.74, 6) is -0.528. The van der Waals surface area contributed by atoms with Gasteiger partial charge in [0.05, 0.1) is 3.58 Å². The quantitative estimate of drug-likeness (QED) is 0.443. The number of carbonyl (C=O) groups excluding carboxylic acids is 2. The van der Waals surface area contributed by atoms with Crippen LogP contribution >= 0.6 is 22.6 Å². The van der Waals surface area contributed by atoms with Crippen LogP contribution < -0.4 is 0 Å². The first-order valence-corrected chi connectivity index (χ1v) is 8.83. The molecule has 2 aliphatic carbocycles. The van der Waals surface area contributed by atoms with Crippen LogP contribution in [0.2, 0.25) is 0 Å². The van der Waals surface area contributed by atoms with Gasteiger partial charge in [-0.15, -0.1) is 0 Å². The zero-order valence-corrected chi connectivity index (χ0v) is 17.0. The molecule has 23 heavy (non-hydrogen) atoms. The molecule has 0 aromatic heterocycles. The van der Waals surface area contributed by atoms with E-state index in [4.69, 9.17) is 8.22 Å². The minimum Gasteiger partial charge on any atom is -0.294 e. The Morgan fingerprint density at radius 2 is 1.48 bits per heavy atom. The molecule has 0 heterocycles. The summed E-state index contributed by atoms with van der Waals surface area (Å²) in [5.41, 5.74) is -2.89. The number of carbonyl (C=O) groups is 2. The second-order valence-corrected chi connectivity index (χ2v) is 9.68. The van der Waals surface area contributed by atoms with Gasteiger partial charge >= 0.3 is 0 Å². The van der Waals surface area contributed by atoms with Crippen molar-refractivity contribution in [2.45, 2.75) is 68.1 Å². The Kier molecular flexibility index (Phi) is 3.61. The van der Waals surface area contributed by atoms with E-state index in [0.29, 0.717) is 16.4 Å². The zero-order chi connectivity index (χ0) is 23.3. The van der Waals surface area contributed by atoms with Gasteiger partial charge in [-0.25, -0.2) is 0 Å². The van der Waals surface area contributed by atoms with E-state index in [2.05, 4.69) is 0 Å². The molecule has 0 radical (unpaired) electrons. The molecule has 2 aliphatic rings. The molecule has 0 aromatic carbocycles. The second kappa shape index (κ2) is 6.45. The van der Waals surface area contributed by atoms with E-state index in [1.165, 1.54) is 13.0 Å². The second-order valence-electron chi connectivity index (χ2n) is 8.51. The van der Waals surface area contributed by atoms with E-state index in [-0.39, 0.29) is 22.4 Å². The predicted octanol–water partition coefficient (Wildman–Crippen LogP) is 5.90. The third-order valence-electron chi connectivity index (χ3n) is 4.08. The summed E-state index contributed by atoms with van der Waals surface area (Å²) in [6.07, 6.45) is 5.83. The lowest BCUT2D eigenvalue weighted by atomic mass is 9.69. The molecule has 0 aliphatic heterocycles. The Morgan fingerprint density at radius 3 is 1.96 bits per heavy atom. The highest BCUT2D eigenvalue weighted by Gasteiger charge is 2.39. The van der Waals surface area contributed by atoms with Gasteiger partial charge in [0.25, 0.3) is 0 Å². The van der Waals surface area contributed by atoms with E-state index in [1.54, 1.807) is 13.0 Å². The van der Waals surface area contributed by atoms with Crippen LogP contribution in [-0.2, 0) is 9.59 Å². The third-order valence-corrected chi connectivity index (χ3v) is 4.88. The van der Waals surface area contributed by atoms with Crippen LogP contribution in [0, 0.1) is 21.7 Å². The largest absolute Gasteiger partial charge is 0.294 e. The molecule has 0 unspecified atom stereocenters. The molecule has 0 fully saturated rings. The Morgan fingerprint density at radius 1 is 0.957 bits per heavy atom. The molecule has 2 rings (SSSR count). The van der Waals surface area contributed by atoms with Crippen molar-refractivity contribution in [2.75, 3.05) is 0 Å². The maximum atomic E-state index is 11.9. The number of allylic oxidation sites excluding steroid dienone is 4. The highest BCUT2D eigenvalue weighted by molar-refractivity contribution is 14.1. The van der Waals surface area contributed by atoms with Crippen molar-refractivity contribution >= 4 is 34.2 Å². The zero-order valence-electron chi connectivity index (χ0n) is 20.8. The number of ketones is 2. The fourth-order valence-electron chi connectivity index (χ4n) is 3.26. The average molecular weight is 436 g/mol. The summed E-state index contributed by atoms with van der Waals surface area (Å²) < 4.78 is 45.3. The average Bonchev–Trinajstić information content (AvgIpc) is 2.46. The van der Waals surface area contributed by atoms with Crippen molar-refractivity contribution in [1.29, 1.82) is 0 Å². The number of Topliss-reactive ketones (excluding diaryl/α,β-unsaturated/α-hetero) is 1. The molecule has 3 heteroatoms. The van der Waals surface area contributed by atoms with Gasteiger partial charge in [0.2, 0.25) is 0 Å². The van der Waals surface area contributed by atoms with Crippen LogP contribution in [0.4, 0.5) is 0 Å². The fraction of sp³-hybridized carbons (Fsp3) is 0.700. The summed E-state index contributed by atoms with van der Waals surface area (Å²) in [7, 11) is 0. The summed E-state index contributed by atoms with van der Waals surface area (Å²) >= 11 is 1.93. The highest BCUT2D eigenvalue weighted by Crippen LogP contribution is 2.43. The van der Waals surface area contributed by atoms with Gasteiger partial charge < -0.3 is 0 Å². The van der Waals surface area contributed by atoms with Crippen LogP contribution in [0.5, 0.6) is 0 Å². The molecule has 0 aromatic rings. The lowest BCUT2D eigenvalue weighted by Gasteiger charge is -2.36. The van der Waals surface area contributed by atoms with Crippen LogP contribution in [-0.4, -0.2) is 11.6 Å². The predicted molar refractivity (Wildman–Crippen MR) is 106 cm³/mol. The molecule has 0 saturated carbocycles. The highest BCUT2D eigenvalue weighted by atomic mass is 127. The molecule has 0 saturated heterocycles. The molecule has 0 amide bonds. The Balaban J connectivity index is 0.000000291. The molecule has 0 spiro atoms.